The predicted molar refractivity (Wildman–Crippen MR) is 56.5 cm³/mol. The van der Waals surface area contributed by atoms with Crippen LogP contribution >= 0.6 is 0 Å². The first-order chi connectivity index (χ1) is 7.20. The minimum absolute atomic E-state index is 0.136. The Bertz CT molecular complexity index is 402. The lowest BCUT2D eigenvalue weighted by molar-refractivity contribution is -0.140. The smallest absolute Gasteiger partial charge is 0.307 e. The number of hydrogen-bond donors (Lipinski definition) is 2. The Hall–Kier alpha value is -1.11. The van der Waals surface area contributed by atoms with Crippen LogP contribution in [0.15, 0.2) is 0 Å². The number of nitrogens with one attached hydrogen (secondary N) is 1. The number of amides is 1. The fourth-order valence-corrected chi connectivity index (χ4v) is 2.59. The molecule has 1 aliphatic rings. The first-order valence-electron chi connectivity index (χ1n) is 4.91. The molecule has 1 amide bonds. The van der Waals surface area contributed by atoms with Gasteiger partial charge in [-0.1, -0.05) is 0 Å². The normalized spacial score (nSPS) is 25.9. The number of carboxylic acid groups (broad SMARTS) is 1. The predicted octanol–water partition coefficient (Wildman–Crippen LogP) is -0.744. The second kappa shape index (κ2) is 4.40. The van der Waals surface area contributed by atoms with Gasteiger partial charge in [-0.25, -0.2) is 8.42 Å². The van der Waals surface area contributed by atoms with Gasteiger partial charge in [0.2, 0.25) is 5.91 Å². The summed E-state index contributed by atoms with van der Waals surface area (Å²) in [5.41, 5.74) is 0. The molecule has 3 atom stereocenters. The minimum atomic E-state index is -3.14. The largest absolute Gasteiger partial charge is 0.481 e. The van der Waals surface area contributed by atoms with E-state index in [1.54, 1.807) is 6.92 Å². The molecule has 1 unspecified atom stereocenters. The maximum absolute atomic E-state index is 11.4. The third kappa shape index (κ3) is 3.80. The van der Waals surface area contributed by atoms with Crippen molar-refractivity contribution in [3.05, 3.63) is 0 Å². The summed E-state index contributed by atoms with van der Waals surface area (Å²) in [5.74, 6) is -2.59. The van der Waals surface area contributed by atoms with Crippen LogP contribution in [-0.4, -0.2) is 43.5 Å². The van der Waals surface area contributed by atoms with Crippen molar-refractivity contribution >= 4 is 21.7 Å². The minimum Gasteiger partial charge on any atom is -0.481 e. The zero-order chi connectivity index (χ0) is 12.5. The molecule has 0 saturated heterocycles. The van der Waals surface area contributed by atoms with E-state index in [-0.39, 0.29) is 11.7 Å². The van der Waals surface area contributed by atoms with Crippen LogP contribution in [0.4, 0.5) is 0 Å². The van der Waals surface area contributed by atoms with Crippen molar-refractivity contribution in [2.45, 2.75) is 19.4 Å². The molecule has 0 aromatic rings. The van der Waals surface area contributed by atoms with E-state index >= 15 is 0 Å². The van der Waals surface area contributed by atoms with E-state index in [9.17, 15) is 18.0 Å². The van der Waals surface area contributed by atoms with Crippen molar-refractivity contribution in [1.82, 2.24) is 5.32 Å². The first kappa shape index (κ1) is 13.0. The highest BCUT2D eigenvalue weighted by molar-refractivity contribution is 7.90. The highest BCUT2D eigenvalue weighted by Gasteiger charge is 2.48. The van der Waals surface area contributed by atoms with Crippen molar-refractivity contribution < 1.29 is 23.1 Å². The number of carbonyl (C=O) groups excluding carboxylic acids is 1. The van der Waals surface area contributed by atoms with Crippen LogP contribution < -0.4 is 5.32 Å². The van der Waals surface area contributed by atoms with Crippen LogP contribution in [0.25, 0.3) is 0 Å². The van der Waals surface area contributed by atoms with E-state index in [1.165, 1.54) is 0 Å². The van der Waals surface area contributed by atoms with Crippen LogP contribution in [0.5, 0.6) is 0 Å². The van der Waals surface area contributed by atoms with Gasteiger partial charge in [-0.3, -0.25) is 9.59 Å². The van der Waals surface area contributed by atoms with Crippen LogP contribution in [0.2, 0.25) is 0 Å². The van der Waals surface area contributed by atoms with E-state index in [0.29, 0.717) is 6.42 Å². The molecular formula is C9H15NO5S. The van der Waals surface area contributed by atoms with Gasteiger partial charge in [0.25, 0.3) is 0 Å². The number of hydrogen-bond acceptors (Lipinski definition) is 4. The maximum Gasteiger partial charge on any atom is 0.307 e. The molecule has 6 nitrogen and oxygen atoms in total. The van der Waals surface area contributed by atoms with Gasteiger partial charge in [0.05, 0.1) is 17.6 Å². The van der Waals surface area contributed by atoms with Crippen molar-refractivity contribution in [3.8, 4) is 0 Å². The molecule has 1 aliphatic carbocycles. The van der Waals surface area contributed by atoms with Gasteiger partial charge in [0.1, 0.15) is 9.84 Å². The van der Waals surface area contributed by atoms with Crippen LogP contribution in [0.1, 0.15) is 13.3 Å². The fourth-order valence-electron chi connectivity index (χ4n) is 1.60. The number of aliphatic carboxylic acids is 1. The number of carboxylic acids is 1. The lowest BCUT2D eigenvalue weighted by atomic mass is 10.3. The Morgan fingerprint density at radius 1 is 1.44 bits per heavy atom. The quantitative estimate of drug-likeness (QED) is 0.668. The Labute approximate surface area is 93.9 Å². The summed E-state index contributed by atoms with van der Waals surface area (Å²) in [7, 11) is -3.14. The van der Waals surface area contributed by atoms with Crippen LogP contribution in [-0.2, 0) is 19.4 Å². The van der Waals surface area contributed by atoms with Crippen molar-refractivity contribution in [2.75, 3.05) is 12.0 Å². The molecule has 0 aromatic carbocycles. The summed E-state index contributed by atoms with van der Waals surface area (Å²) in [4.78, 5) is 22.0. The molecule has 0 spiro atoms. The molecule has 2 N–H and O–H groups in total. The second-order valence-corrected chi connectivity index (χ2v) is 6.47. The van der Waals surface area contributed by atoms with Gasteiger partial charge < -0.3 is 10.4 Å². The standard InChI is InChI=1S/C9H15NO5S/c1-5(4-16(2,14)15)10-8(11)6-3-7(6)9(12)13/h5-7H,3-4H2,1-2H3,(H,10,11)(H,12,13)/t5?,6-,7+/m1/s1. The molecule has 92 valence electrons. The average Bonchev–Trinajstić information content (AvgIpc) is 2.76. The zero-order valence-electron chi connectivity index (χ0n) is 9.13. The van der Waals surface area contributed by atoms with E-state index in [0.717, 1.165) is 6.26 Å². The summed E-state index contributed by atoms with van der Waals surface area (Å²) in [5, 5.41) is 11.1. The molecule has 0 aromatic heterocycles. The number of rotatable bonds is 5. The molecule has 1 rings (SSSR count). The second-order valence-electron chi connectivity index (χ2n) is 4.29. The Balaban J connectivity index is 2.39. The molecule has 1 saturated carbocycles. The lowest BCUT2D eigenvalue weighted by Crippen LogP contribution is -2.38. The lowest BCUT2D eigenvalue weighted by Gasteiger charge is -2.12. The van der Waals surface area contributed by atoms with Crippen LogP contribution in [0.3, 0.4) is 0 Å². The maximum atomic E-state index is 11.4. The molecular weight excluding hydrogens is 234 g/mol. The van der Waals surface area contributed by atoms with Crippen molar-refractivity contribution in [3.63, 3.8) is 0 Å². The molecule has 1 fully saturated rings. The monoisotopic (exact) mass is 249 g/mol. The number of sulfone groups is 1. The SMILES string of the molecule is CC(CS(C)(=O)=O)NC(=O)[C@@H]1C[C@@H]1C(=O)O. The van der Waals surface area contributed by atoms with Gasteiger partial charge in [-0.2, -0.15) is 0 Å². The average molecular weight is 249 g/mol. The Morgan fingerprint density at radius 3 is 2.38 bits per heavy atom. The summed E-state index contributed by atoms with van der Waals surface area (Å²) >= 11 is 0. The third-order valence-electron chi connectivity index (χ3n) is 2.39. The Morgan fingerprint density at radius 2 is 2.00 bits per heavy atom. The molecule has 7 heteroatoms. The molecule has 0 aliphatic heterocycles. The number of carbonyl (C=O) groups is 2. The first-order valence-corrected chi connectivity index (χ1v) is 6.97. The summed E-state index contributed by atoms with van der Waals surface area (Å²) in [6.07, 6.45) is 1.43. The molecule has 0 heterocycles. The van der Waals surface area contributed by atoms with Gasteiger partial charge in [-0.05, 0) is 13.3 Å². The zero-order valence-corrected chi connectivity index (χ0v) is 9.95. The van der Waals surface area contributed by atoms with Gasteiger partial charge in [-0.15, -0.1) is 0 Å². The highest BCUT2D eigenvalue weighted by atomic mass is 32.2. The van der Waals surface area contributed by atoms with E-state index < -0.39 is 33.7 Å². The Kier molecular flexibility index (Phi) is 3.57. The van der Waals surface area contributed by atoms with E-state index in [2.05, 4.69) is 5.32 Å². The molecule has 0 bridgehead atoms. The van der Waals surface area contributed by atoms with Gasteiger partial charge in [0, 0.05) is 12.3 Å². The van der Waals surface area contributed by atoms with Gasteiger partial charge >= 0.3 is 5.97 Å². The summed E-state index contributed by atoms with van der Waals surface area (Å²) < 4.78 is 21.9. The van der Waals surface area contributed by atoms with E-state index in [4.69, 9.17) is 5.11 Å². The van der Waals surface area contributed by atoms with Crippen LogP contribution in [0, 0.1) is 11.8 Å². The highest BCUT2D eigenvalue weighted by Crippen LogP contribution is 2.38. The van der Waals surface area contributed by atoms with E-state index in [1.807, 2.05) is 0 Å². The third-order valence-corrected chi connectivity index (χ3v) is 3.49. The molecule has 16 heavy (non-hydrogen) atoms. The summed E-state index contributed by atoms with van der Waals surface area (Å²) in [6, 6.07) is -0.488. The van der Waals surface area contributed by atoms with Crippen molar-refractivity contribution in [1.29, 1.82) is 0 Å². The fraction of sp³-hybridized carbons (Fsp3) is 0.778. The topological polar surface area (TPSA) is 101 Å². The summed E-state index contributed by atoms with van der Waals surface area (Å²) in [6.45, 7) is 1.58. The van der Waals surface area contributed by atoms with Crippen molar-refractivity contribution in [2.24, 2.45) is 11.8 Å². The molecule has 0 radical (unpaired) electrons. The van der Waals surface area contributed by atoms with Gasteiger partial charge in [0.15, 0.2) is 0 Å².